The first-order valence-corrected chi connectivity index (χ1v) is 10.3. The molecule has 2 aliphatic rings. The first-order chi connectivity index (χ1) is 13.8. The number of hydrogen-bond donors (Lipinski definition) is 3. The second kappa shape index (κ2) is 7.53. The zero-order valence-electron chi connectivity index (χ0n) is 15.7. The van der Waals surface area contributed by atoms with E-state index in [4.69, 9.17) is 11.6 Å². The third-order valence-electron chi connectivity index (χ3n) is 5.07. The van der Waals surface area contributed by atoms with Crippen molar-refractivity contribution in [3.05, 3.63) is 57.6 Å². The lowest BCUT2D eigenvalue weighted by atomic mass is 10.0. The number of fused-ring (bicyclic) bond motifs is 1. The normalized spacial score (nSPS) is 18.5. The number of allylic oxidation sites excluding steroid dienone is 1. The molecule has 1 atom stereocenters. The molecule has 2 aromatic rings. The molecule has 0 saturated carbocycles. The third-order valence-corrected chi connectivity index (χ3v) is 6.41. The van der Waals surface area contributed by atoms with Gasteiger partial charge in [0.15, 0.2) is 0 Å². The maximum absolute atomic E-state index is 12.8. The predicted molar refractivity (Wildman–Crippen MR) is 113 cm³/mol. The summed E-state index contributed by atoms with van der Waals surface area (Å²) in [6.07, 6.45) is 1.18. The molecule has 1 fully saturated rings. The lowest BCUT2D eigenvalue weighted by Crippen LogP contribution is -2.49. The molecule has 1 aromatic heterocycles. The number of halogens is 1. The fraction of sp³-hybridized carbons (Fsp3) is 0.250. The molecule has 9 heteroatoms. The van der Waals surface area contributed by atoms with Crippen LogP contribution in [0.25, 0.3) is 0 Å². The average molecular weight is 431 g/mol. The van der Waals surface area contributed by atoms with E-state index < -0.39 is 12.1 Å². The molecule has 0 spiro atoms. The number of anilines is 2. The summed E-state index contributed by atoms with van der Waals surface area (Å²) in [5.74, 6) is -0.408. The number of urea groups is 1. The molecule has 0 aliphatic carbocycles. The van der Waals surface area contributed by atoms with Crippen LogP contribution in [0.2, 0.25) is 5.02 Å². The number of piperidine rings is 1. The van der Waals surface area contributed by atoms with Crippen molar-refractivity contribution in [3.8, 4) is 0 Å². The van der Waals surface area contributed by atoms with Crippen molar-refractivity contribution >= 4 is 51.5 Å². The van der Waals surface area contributed by atoms with Crippen molar-refractivity contribution in [2.45, 2.75) is 32.4 Å². The van der Waals surface area contributed by atoms with Crippen LogP contribution in [-0.2, 0) is 11.3 Å². The van der Waals surface area contributed by atoms with Gasteiger partial charge in [-0.3, -0.25) is 14.9 Å². The Labute approximate surface area is 176 Å². The molecule has 1 aromatic carbocycles. The highest BCUT2D eigenvalue weighted by atomic mass is 35.5. The molecular formula is C20H19ClN4O3S. The highest BCUT2D eigenvalue weighted by Gasteiger charge is 2.40. The summed E-state index contributed by atoms with van der Waals surface area (Å²) < 4.78 is 0. The lowest BCUT2D eigenvalue weighted by Gasteiger charge is -2.31. The van der Waals surface area contributed by atoms with E-state index >= 15 is 0 Å². The molecule has 29 heavy (non-hydrogen) atoms. The Balaban J connectivity index is 1.46. The van der Waals surface area contributed by atoms with Crippen molar-refractivity contribution in [1.29, 1.82) is 0 Å². The van der Waals surface area contributed by atoms with Gasteiger partial charge in [-0.15, -0.1) is 11.3 Å². The highest BCUT2D eigenvalue weighted by molar-refractivity contribution is 7.15. The van der Waals surface area contributed by atoms with Crippen molar-refractivity contribution < 1.29 is 14.4 Å². The standard InChI is InChI=1S/C20H19ClN4O3S/c1-10-3-5-12(7-15(10)21)23-20(28)24-18-13-8-25(19(27)14(13)9-29-18)16-6-4-11(2)22-17(16)26/h3,5,7,9,16H,2,4,6,8H2,1H3,(H,22,26)(H2,23,24,28). The molecule has 1 saturated heterocycles. The summed E-state index contributed by atoms with van der Waals surface area (Å²) in [4.78, 5) is 39.0. The van der Waals surface area contributed by atoms with Crippen LogP contribution in [0.1, 0.15) is 34.3 Å². The summed E-state index contributed by atoms with van der Waals surface area (Å²) in [5, 5.41) is 11.1. The molecule has 4 amide bonds. The second-order valence-corrected chi connectivity index (χ2v) is 8.37. The summed E-state index contributed by atoms with van der Waals surface area (Å²) in [7, 11) is 0. The minimum Gasteiger partial charge on any atom is -0.329 e. The molecule has 3 N–H and O–H groups in total. The van der Waals surface area contributed by atoms with Gasteiger partial charge in [0.1, 0.15) is 11.0 Å². The van der Waals surface area contributed by atoms with Crippen molar-refractivity contribution in [3.63, 3.8) is 0 Å². The zero-order chi connectivity index (χ0) is 20.7. The van der Waals surface area contributed by atoms with Gasteiger partial charge in [0.05, 0.1) is 12.1 Å². The van der Waals surface area contributed by atoms with E-state index in [0.29, 0.717) is 39.8 Å². The Morgan fingerprint density at radius 3 is 2.86 bits per heavy atom. The summed E-state index contributed by atoms with van der Waals surface area (Å²) in [6, 6.07) is 4.31. The van der Waals surface area contributed by atoms with E-state index in [1.165, 1.54) is 11.3 Å². The van der Waals surface area contributed by atoms with Crippen LogP contribution >= 0.6 is 22.9 Å². The van der Waals surface area contributed by atoms with E-state index in [1.54, 1.807) is 22.4 Å². The molecule has 0 bridgehead atoms. The Hall–Kier alpha value is -2.84. The van der Waals surface area contributed by atoms with Crippen molar-refractivity contribution in [2.24, 2.45) is 0 Å². The fourth-order valence-corrected chi connectivity index (χ4v) is 4.60. The summed E-state index contributed by atoms with van der Waals surface area (Å²) >= 11 is 7.38. The number of nitrogens with zero attached hydrogens (tertiary/aromatic N) is 1. The van der Waals surface area contributed by atoms with Crippen LogP contribution in [0.3, 0.4) is 0 Å². The monoisotopic (exact) mass is 430 g/mol. The number of aryl methyl sites for hydroxylation is 1. The van der Waals surface area contributed by atoms with Gasteiger partial charge in [-0.2, -0.15) is 0 Å². The average Bonchev–Trinajstić information content (AvgIpc) is 3.19. The van der Waals surface area contributed by atoms with Crippen LogP contribution in [0, 0.1) is 6.92 Å². The Morgan fingerprint density at radius 2 is 2.14 bits per heavy atom. The van der Waals surface area contributed by atoms with Gasteiger partial charge in [-0.1, -0.05) is 24.2 Å². The first kappa shape index (κ1) is 19.5. The Kier molecular flexibility index (Phi) is 5.06. The van der Waals surface area contributed by atoms with Crippen LogP contribution < -0.4 is 16.0 Å². The molecule has 1 unspecified atom stereocenters. The number of thiophene rings is 1. The van der Waals surface area contributed by atoms with Crippen molar-refractivity contribution in [2.75, 3.05) is 10.6 Å². The maximum atomic E-state index is 12.8. The minimum atomic E-state index is -0.526. The largest absolute Gasteiger partial charge is 0.329 e. The number of rotatable bonds is 3. The van der Waals surface area contributed by atoms with Gasteiger partial charge in [-0.05, 0) is 37.5 Å². The predicted octanol–water partition coefficient (Wildman–Crippen LogP) is 4.10. The number of carbonyl (C=O) groups is 3. The summed E-state index contributed by atoms with van der Waals surface area (Å²) in [6.45, 7) is 5.94. The smallest absolute Gasteiger partial charge is 0.324 e. The van der Waals surface area contributed by atoms with Gasteiger partial charge in [0, 0.05) is 27.4 Å². The number of nitrogens with one attached hydrogen (secondary N) is 3. The van der Waals surface area contributed by atoms with E-state index in [-0.39, 0.29) is 18.4 Å². The zero-order valence-corrected chi connectivity index (χ0v) is 17.2. The molecule has 0 radical (unpaired) electrons. The van der Waals surface area contributed by atoms with E-state index in [9.17, 15) is 14.4 Å². The maximum Gasteiger partial charge on any atom is 0.324 e. The highest BCUT2D eigenvalue weighted by Crippen LogP contribution is 2.37. The number of hydrogen-bond acceptors (Lipinski definition) is 4. The number of amides is 4. The number of carbonyl (C=O) groups excluding carboxylic acids is 3. The molecule has 4 rings (SSSR count). The van der Waals surface area contributed by atoms with Gasteiger partial charge in [0.2, 0.25) is 5.91 Å². The Bertz CT molecular complexity index is 1050. The van der Waals surface area contributed by atoms with Crippen LogP contribution in [-0.4, -0.2) is 28.8 Å². The van der Waals surface area contributed by atoms with Crippen LogP contribution in [0.4, 0.5) is 15.5 Å². The third kappa shape index (κ3) is 3.73. The topological polar surface area (TPSA) is 90.5 Å². The Morgan fingerprint density at radius 1 is 1.34 bits per heavy atom. The van der Waals surface area contributed by atoms with Gasteiger partial charge < -0.3 is 15.5 Å². The molecule has 7 nitrogen and oxygen atoms in total. The quantitative estimate of drug-likeness (QED) is 0.684. The number of benzene rings is 1. The van der Waals surface area contributed by atoms with E-state index in [1.807, 2.05) is 13.0 Å². The molecule has 150 valence electrons. The van der Waals surface area contributed by atoms with Crippen LogP contribution in [0.5, 0.6) is 0 Å². The SMILES string of the molecule is C=C1CCC(N2Cc3c(csc3NC(=O)Nc3ccc(C)c(Cl)c3)C2=O)C(=O)N1. The van der Waals surface area contributed by atoms with E-state index in [0.717, 1.165) is 11.1 Å². The van der Waals surface area contributed by atoms with E-state index in [2.05, 4.69) is 22.5 Å². The molecule has 3 heterocycles. The second-order valence-electron chi connectivity index (χ2n) is 7.08. The first-order valence-electron chi connectivity index (χ1n) is 9.07. The van der Waals surface area contributed by atoms with Gasteiger partial charge in [-0.25, -0.2) is 4.79 Å². The lowest BCUT2D eigenvalue weighted by molar-refractivity contribution is -0.126. The van der Waals surface area contributed by atoms with Gasteiger partial charge in [0.25, 0.3) is 5.91 Å². The van der Waals surface area contributed by atoms with Crippen LogP contribution in [0.15, 0.2) is 35.9 Å². The molecule has 2 aliphatic heterocycles. The van der Waals surface area contributed by atoms with Gasteiger partial charge >= 0.3 is 6.03 Å². The summed E-state index contributed by atoms with van der Waals surface area (Å²) in [5.41, 5.74) is 3.42. The van der Waals surface area contributed by atoms with Crippen molar-refractivity contribution in [1.82, 2.24) is 10.2 Å². The minimum absolute atomic E-state index is 0.192. The fourth-order valence-electron chi connectivity index (χ4n) is 3.47. The molecular weight excluding hydrogens is 412 g/mol.